The summed E-state index contributed by atoms with van der Waals surface area (Å²) >= 11 is 0. The topological polar surface area (TPSA) is 41.0 Å². The first-order chi connectivity index (χ1) is 9.88. The van der Waals surface area contributed by atoms with E-state index < -0.39 is 0 Å². The third-order valence-corrected chi connectivity index (χ3v) is 3.43. The molecular formula is C17H32N4. The van der Waals surface area contributed by atoms with Gasteiger partial charge in [-0.3, -0.25) is 0 Å². The van der Waals surface area contributed by atoms with Crippen molar-refractivity contribution in [2.24, 2.45) is 0 Å². The molecule has 0 saturated carbocycles. The summed E-state index contributed by atoms with van der Waals surface area (Å²) < 4.78 is 0. The van der Waals surface area contributed by atoms with E-state index in [0.717, 1.165) is 37.0 Å². The summed E-state index contributed by atoms with van der Waals surface area (Å²) in [6, 6.07) is 2.07. The Morgan fingerprint density at radius 1 is 1.10 bits per heavy atom. The van der Waals surface area contributed by atoms with Gasteiger partial charge in [-0.25, -0.2) is 9.97 Å². The number of nitrogens with one attached hydrogen (secondary N) is 1. The zero-order valence-electron chi connectivity index (χ0n) is 14.7. The lowest BCUT2D eigenvalue weighted by Gasteiger charge is -2.23. The van der Waals surface area contributed by atoms with Crippen LogP contribution in [0.15, 0.2) is 6.07 Å². The van der Waals surface area contributed by atoms with Crippen LogP contribution >= 0.6 is 0 Å². The van der Waals surface area contributed by atoms with Gasteiger partial charge >= 0.3 is 0 Å². The molecule has 0 aliphatic heterocycles. The van der Waals surface area contributed by atoms with Gasteiger partial charge in [-0.2, -0.15) is 0 Å². The third kappa shape index (κ3) is 5.90. The highest BCUT2D eigenvalue weighted by Gasteiger charge is 2.20. The summed E-state index contributed by atoms with van der Waals surface area (Å²) in [7, 11) is 2.12. The number of anilines is 2. The monoisotopic (exact) mass is 292 g/mol. The Morgan fingerprint density at radius 3 is 2.38 bits per heavy atom. The maximum Gasteiger partial charge on any atom is 0.138 e. The molecule has 120 valence electrons. The first-order valence-electron chi connectivity index (χ1n) is 8.23. The molecule has 0 aliphatic carbocycles. The predicted octanol–water partition coefficient (Wildman–Crippen LogP) is 4.22. The molecule has 1 aromatic rings. The van der Waals surface area contributed by atoms with Crippen molar-refractivity contribution in [1.29, 1.82) is 0 Å². The summed E-state index contributed by atoms with van der Waals surface area (Å²) in [6.07, 6.45) is 4.81. The molecule has 4 heteroatoms. The molecule has 0 aliphatic rings. The van der Waals surface area contributed by atoms with Gasteiger partial charge in [0.25, 0.3) is 0 Å². The second kappa shape index (κ2) is 8.20. The van der Waals surface area contributed by atoms with Gasteiger partial charge in [0.2, 0.25) is 0 Å². The number of hydrogen-bond donors (Lipinski definition) is 1. The van der Waals surface area contributed by atoms with E-state index >= 15 is 0 Å². The Hall–Kier alpha value is -1.32. The maximum absolute atomic E-state index is 4.77. The van der Waals surface area contributed by atoms with Gasteiger partial charge in [-0.05, 0) is 12.8 Å². The van der Waals surface area contributed by atoms with Crippen molar-refractivity contribution in [3.8, 4) is 0 Å². The molecule has 0 saturated heterocycles. The first-order valence-corrected chi connectivity index (χ1v) is 8.23. The zero-order valence-corrected chi connectivity index (χ0v) is 14.7. The van der Waals surface area contributed by atoms with Crippen molar-refractivity contribution in [2.75, 3.05) is 30.4 Å². The summed E-state index contributed by atoms with van der Waals surface area (Å²) in [5, 5.41) is 3.39. The molecule has 4 nitrogen and oxygen atoms in total. The molecular weight excluding hydrogens is 260 g/mol. The molecule has 0 spiro atoms. The van der Waals surface area contributed by atoms with E-state index in [9.17, 15) is 0 Å². The second-order valence-electron chi connectivity index (χ2n) is 6.74. The minimum absolute atomic E-state index is 0.0388. The Labute approximate surface area is 130 Å². The Balaban J connectivity index is 2.95. The lowest BCUT2D eigenvalue weighted by Crippen LogP contribution is -2.24. The highest BCUT2D eigenvalue weighted by Crippen LogP contribution is 2.23. The molecule has 0 unspecified atom stereocenters. The number of unbranched alkanes of at least 4 members (excludes halogenated alkanes) is 2. The summed E-state index contributed by atoms with van der Waals surface area (Å²) in [5.41, 5.74) is -0.0388. The minimum Gasteiger partial charge on any atom is -0.370 e. The highest BCUT2D eigenvalue weighted by molar-refractivity contribution is 5.49. The lowest BCUT2D eigenvalue weighted by molar-refractivity contribution is 0.544. The van der Waals surface area contributed by atoms with Gasteiger partial charge < -0.3 is 10.2 Å². The number of rotatable bonds is 8. The molecule has 0 amide bonds. The lowest BCUT2D eigenvalue weighted by atomic mass is 9.96. The van der Waals surface area contributed by atoms with Crippen molar-refractivity contribution in [3.05, 3.63) is 11.9 Å². The molecule has 0 atom stereocenters. The van der Waals surface area contributed by atoms with Crippen molar-refractivity contribution >= 4 is 11.6 Å². The van der Waals surface area contributed by atoms with Crippen LogP contribution in [0, 0.1) is 0 Å². The van der Waals surface area contributed by atoms with Crippen LogP contribution in [0.1, 0.15) is 66.1 Å². The average molecular weight is 292 g/mol. The fourth-order valence-electron chi connectivity index (χ4n) is 2.02. The van der Waals surface area contributed by atoms with Crippen LogP contribution in [0.25, 0.3) is 0 Å². The normalized spacial score (nSPS) is 11.5. The first kappa shape index (κ1) is 17.7. The number of hydrogen-bond acceptors (Lipinski definition) is 4. The molecule has 0 bridgehead atoms. The van der Waals surface area contributed by atoms with Crippen LogP contribution in [0.2, 0.25) is 0 Å². The summed E-state index contributed by atoms with van der Waals surface area (Å²) in [6.45, 7) is 12.9. The molecule has 21 heavy (non-hydrogen) atoms. The smallest absolute Gasteiger partial charge is 0.138 e. The molecule has 1 heterocycles. The molecule has 0 aromatic carbocycles. The quantitative estimate of drug-likeness (QED) is 0.728. The second-order valence-corrected chi connectivity index (χ2v) is 6.74. The molecule has 1 aromatic heterocycles. The van der Waals surface area contributed by atoms with Crippen LogP contribution in [0.5, 0.6) is 0 Å². The van der Waals surface area contributed by atoms with Crippen molar-refractivity contribution < 1.29 is 0 Å². The Morgan fingerprint density at radius 2 is 1.81 bits per heavy atom. The van der Waals surface area contributed by atoms with Crippen LogP contribution in [-0.4, -0.2) is 30.1 Å². The van der Waals surface area contributed by atoms with E-state index in [2.05, 4.69) is 62.9 Å². The Bertz CT molecular complexity index is 423. The SMILES string of the molecule is CCCCCN(C)c1cc(NCCC)nc(C(C)(C)C)n1. The van der Waals surface area contributed by atoms with Gasteiger partial charge in [-0.15, -0.1) is 0 Å². The van der Waals surface area contributed by atoms with E-state index in [1.807, 2.05) is 0 Å². The number of nitrogens with zero attached hydrogens (tertiary/aromatic N) is 3. The van der Waals surface area contributed by atoms with E-state index in [1.165, 1.54) is 19.3 Å². The highest BCUT2D eigenvalue weighted by atomic mass is 15.2. The maximum atomic E-state index is 4.77. The van der Waals surface area contributed by atoms with Gasteiger partial charge in [-0.1, -0.05) is 47.5 Å². The van der Waals surface area contributed by atoms with E-state index in [0.29, 0.717) is 0 Å². The minimum atomic E-state index is -0.0388. The van der Waals surface area contributed by atoms with Crippen molar-refractivity contribution in [3.63, 3.8) is 0 Å². The van der Waals surface area contributed by atoms with Crippen LogP contribution in [0.3, 0.4) is 0 Å². The third-order valence-electron chi connectivity index (χ3n) is 3.43. The van der Waals surface area contributed by atoms with Crippen molar-refractivity contribution in [2.45, 2.75) is 65.7 Å². The fraction of sp³-hybridized carbons (Fsp3) is 0.765. The van der Waals surface area contributed by atoms with E-state index in [4.69, 9.17) is 4.98 Å². The average Bonchev–Trinajstić information content (AvgIpc) is 2.44. The zero-order chi connectivity index (χ0) is 15.9. The predicted molar refractivity (Wildman–Crippen MR) is 92.3 cm³/mol. The van der Waals surface area contributed by atoms with Crippen LogP contribution in [-0.2, 0) is 5.41 Å². The molecule has 0 fully saturated rings. The largest absolute Gasteiger partial charge is 0.370 e. The van der Waals surface area contributed by atoms with E-state index in [1.54, 1.807) is 0 Å². The molecule has 1 N–H and O–H groups in total. The van der Waals surface area contributed by atoms with Crippen LogP contribution < -0.4 is 10.2 Å². The fourth-order valence-corrected chi connectivity index (χ4v) is 2.02. The van der Waals surface area contributed by atoms with E-state index in [-0.39, 0.29) is 5.41 Å². The van der Waals surface area contributed by atoms with Gasteiger partial charge in [0, 0.05) is 31.6 Å². The Kier molecular flexibility index (Phi) is 6.93. The van der Waals surface area contributed by atoms with Crippen molar-refractivity contribution in [1.82, 2.24) is 9.97 Å². The standard InChI is InChI=1S/C17H32N4/c1-7-9-10-12-21(6)15-13-14(18-11-8-2)19-16(20-15)17(3,4)5/h13H,7-12H2,1-6H3,(H,18,19,20). The molecule has 0 radical (unpaired) electrons. The van der Waals surface area contributed by atoms with Crippen LogP contribution in [0.4, 0.5) is 11.6 Å². The number of aromatic nitrogens is 2. The van der Waals surface area contributed by atoms with Gasteiger partial charge in [0.1, 0.15) is 17.5 Å². The van der Waals surface area contributed by atoms with Gasteiger partial charge in [0.15, 0.2) is 0 Å². The van der Waals surface area contributed by atoms with Gasteiger partial charge in [0.05, 0.1) is 0 Å². The summed E-state index contributed by atoms with van der Waals surface area (Å²) in [5.74, 6) is 2.86. The summed E-state index contributed by atoms with van der Waals surface area (Å²) in [4.78, 5) is 11.7. The molecule has 1 rings (SSSR count).